The Hall–Kier alpha value is -2.36. The first-order chi connectivity index (χ1) is 8.78. The normalized spacial score (nSPS) is 10.8. The van der Waals surface area contributed by atoms with Crippen molar-refractivity contribution in [2.24, 2.45) is 0 Å². The van der Waals surface area contributed by atoms with Crippen LogP contribution < -0.4 is 4.74 Å². The molecular weight excluding hydrogens is 231 g/mol. The molecule has 0 atom stereocenters. The molecule has 4 heteroatoms. The Labute approximate surface area is 103 Å². The number of rotatable bonds is 2. The predicted octanol–water partition coefficient (Wildman–Crippen LogP) is 3.15. The minimum Gasteiger partial charge on any atom is -0.496 e. The number of nitrogens with zero attached hydrogens (tertiary/aromatic N) is 2. The third-order valence-electron chi connectivity index (χ3n) is 2.80. The lowest BCUT2D eigenvalue weighted by atomic mass is 10.1. The number of benzene rings is 1. The number of pyridine rings is 1. The zero-order valence-corrected chi connectivity index (χ0v) is 9.80. The molecule has 0 aliphatic heterocycles. The van der Waals surface area contributed by atoms with E-state index in [4.69, 9.17) is 4.74 Å². The van der Waals surface area contributed by atoms with Gasteiger partial charge in [0.25, 0.3) is 0 Å². The minimum atomic E-state index is -0.286. The number of imidazole rings is 1. The molecule has 0 aliphatic rings. The summed E-state index contributed by atoms with van der Waals surface area (Å²) in [5, 5.41) is 0. The molecule has 0 unspecified atom stereocenters. The van der Waals surface area contributed by atoms with E-state index < -0.39 is 0 Å². The van der Waals surface area contributed by atoms with Gasteiger partial charge in [0.15, 0.2) is 0 Å². The molecule has 3 aromatic rings. The lowest BCUT2D eigenvalue weighted by Gasteiger charge is -2.04. The second-order valence-electron chi connectivity index (χ2n) is 3.94. The Bertz CT molecular complexity index is 706. The van der Waals surface area contributed by atoms with Crippen LogP contribution in [0, 0.1) is 5.82 Å². The number of halogens is 1. The lowest BCUT2D eigenvalue weighted by Crippen LogP contribution is -1.86. The van der Waals surface area contributed by atoms with Crippen molar-refractivity contribution in [1.29, 1.82) is 0 Å². The first-order valence-corrected chi connectivity index (χ1v) is 5.55. The van der Waals surface area contributed by atoms with Crippen LogP contribution in [0.5, 0.6) is 5.75 Å². The van der Waals surface area contributed by atoms with Crippen LogP contribution in [0.1, 0.15) is 0 Å². The summed E-state index contributed by atoms with van der Waals surface area (Å²) in [6.45, 7) is 0. The van der Waals surface area contributed by atoms with E-state index in [1.807, 2.05) is 24.3 Å². The summed E-state index contributed by atoms with van der Waals surface area (Å²) < 4.78 is 20.1. The van der Waals surface area contributed by atoms with Crippen LogP contribution >= 0.6 is 0 Å². The van der Waals surface area contributed by atoms with Crippen molar-refractivity contribution in [3.8, 4) is 17.0 Å². The monoisotopic (exact) mass is 242 g/mol. The van der Waals surface area contributed by atoms with E-state index in [1.54, 1.807) is 23.8 Å². The Morgan fingerprint density at radius 2 is 1.94 bits per heavy atom. The molecule has 3 nitrogen and oxygen atoms in total. The molecule has 1 aromatic carbocycles. The highest BCUT2D eigenvalue weighted by Crippen LogP contribution is 2.28. The number of ether oxygens (including phenoxy) is 1. The Kier molecular flexibility index (Phi) is 2.48. The molecule has 0 radical (unpaired) electrons. The van der Waals surface area contributed by atoms with E-state index in [0.717, 1.165) is 17.0 Å². The molecule has 0 saturated heterocycles. The molecule has 18 heavy (non-hydrogen) atoms. The predicted molar refractivity (Wildman–Crippen MR) is 67.1 cm³/mol. The summed E-state index contributed by atoms with van der Waals surface area (Å²) >= 11 is 0. The van der Waals surface area contributed by atoms with E-state index in [0.29, 0.717) is 5.65 Å². The maximum atomic E-state index is 13.1. The summed E-state index contributed by atoms with van der Waals surface area (Å²) in [5.41, 5.74) is 2.36. The SMILES string of the molecule is COc1ccccc1-c1cn2cc(F)ccc2n1. The quantitative estimate of drug-likeness (QED) is 0.690. The third-order valence-corrected chi connectivity index (χ3v) is 2.80. The Morgan fingerprint density at radius 1 is 1.11 bits per heavy atom. The summed E-state index contributed by atoms with van der Waals surface area (Å²) in [7, 11) is 1.62. The van der Waals surface area contributed by atoms with Gasteiger partial charge in [-0.2, -0.15) is 0 Å². The highest BCUT2D eigenvalue weighted by molar-refractivity contribution is 5.69. The van der Waals surface area contributed by atoms with Crippen LogP contribution in [-0.4, -0.2) is 16.5 Å². The number of hydrogen-bond donors (Lipinski definition) is 0. The summed E-state index contributed by atoms with van der Waals surface area (Å²) in [4.78, 5) is 4.45. The maximum absolute atomic E-state index is 13.1. The topological polar surface area (TPSA) is 26.5 Å². The summed E-state index contributed by atoms with van der Waals surface area (Å²) in [6.07, 6.45) is 3.19. The Morgan fingerprint density at radius 3 is 2.78 bits per heavy atom. The number of aromatic nitrogens is 2. The molecule has 0 fully saturated rings. The van der Waals surface area contributed by atoms with Gasteiger partial charge in [-0.15, -0.1) is 0 Å². The van der Waals surface area contributed by atoms with Crippen LogP contribution in [0.15, 0.2) is 48.8 Å². The maximum Gasteiger partial charge on any atom is 0.139 e. The van der Waals surface area contributed by atoms with Crippen molar-refractivity contribution < 1.29 is 9.13 Å². The van der Waals surface area contributed by atoms with E-state index in [2.05, 4.69) is 4.98 Å². The number of hydrogen-bond acceptors (Lipinski definition) is 2. The third kappa shape index (κ3) is 1.72. The first-order valence-electron chi connectivity index (χ1n) is 5.55. The number of methoxy groups -OCH3 is 1. The zero-order valence-electron chi connectivity index (χ0n) is 9.80. The molecule has 2 heterocycles. The van der Waals surface area contributed by atoms with Gasteiger partial charge in [0.2, 0.25) is 0 Å². The summed E-state index contributed by atoms with van der Waals surface area (Å²) in [5.74, 6) is 0.466. The fourth-order valence-corrected chi connectivity index (χ4v) is 1.95. The number of fused-ring (bicyclic) bond motifs is 1. The summed E-state index contributed by atoms with van der Waals surface area (Å²) in [6, 6.07) is 10.7. The van der Waals surface area contributed by atoms with Gasteiger partial charge >= 0.3 is 0 Å². The van der Waals surface area contributed by atoms with E-state index in [-0.39, 0.29) is 5.82 Å². The molecular formula is C14H11FN2O. The van der Waals surface area contributed by atoms with Gasteiger partial charge in [-0.1, -0.05) is 12.1 Å². The van der Waals surface area contributed by atoms with Gasteiger partial charge in [-0.05, 0) is 24.3 Å². The Balaban J connectivity index is 2.19. The largest absolute Gasteiger partial charge is 0.496 e. The molecule has 0 N–H and O–H groups in total. The van der Waals surface area contributed by atoms with Crippen LogP contribution in [0.2, 0.25) is 0 Å². The van der Waals surface area contributed by atoms with Crippen LogP contribution in [0.25, 0.3) is 16.9 Å². The van der Waals surface area contributed by atoms with Crippen molar-refractivity contribution in [1.82, 2.24) is 9.38 Å². The molecule has 2 aromatic heterocycles. The highest BCUT2D eigenvalue weighted by Gasteiger charge is 2.09. The van der Waals surface area contributed by atoms with Gasteiger partial charge in [0.1, 0.15) is 17.2 Å². The zero-order chi connectivity index (χ0) is 12.5. The van der Waals surface area contributed by atoms with Crippen molar-refractivity contribution in [3.63, 3.8) is 0 Å². The highest BCUT2D eigenvalue weighted by atomic mass is 19.1. The van der Waals surface area contributed by atoms with Gasteiger partial charge < -0.3 is 9.14 Å². The van der Waals surface area contributed by atoms with Crippen LogP contribution in [-0.2, 0) is 0 Å². The van der Waals surface area contributed by atoms with Crippen LogP contribution in [0.3, 0.4) is 0 Å². The molecule has 90 valence electrons. The minimum absolute atomic E-state index is 0.286. The second kappa shape index (κ2) is 4.14. The van der Waals surface area contributed by atoms with Gasteiger partial charge in [0.05, 0.1) is 12.8 Å². The molecule has 0 saturated carbocycles. The molecule has 0 aliphatic carbocycles. The van der Waals surface area contributed by atoms with Gasteiger partial charge in [-0.25, -0.2) is 9.37 Å². The molecule has 0 bridgehead atoms. The molecule has 0 spiro atoms. The fraction of sp³-hybridized carbons (Fsp3) is 0.0714. The van der Waals surface area contributed by atoms with E-state index in [1.165, 1.54) is 12.3 Å². The van der Waals surface area contributed by atoms with E-state index >= 15 is 0 Å². The standard InChI is InChI=1S/C14H11FN2O/c1-18-13-5-3-2-4-11(13)12-9-17-8-10(15)6-7-14(17)16-12/h2-9H,1H3. The van der Waals surface area contributed by atoms with Crippen molar-refractivity contribution in [2.45, 2.75) is 0 Å². The van der Waals surface area contributed by atoms with Crippen molar-refractivity contribution in [2.75, 3.05) is 7.11 Å². The average molecular weight is 242 g/mol. The van der Waals surface area contributed by atoms with Gasteiger partial charge in [-0.3, -0.25) is 0 Å². The second-order valence-corrected chi connectivity index (χ2v) is 3.94. The fourth-order valence-electron chi connectivity index (χ4n) is 1.95. The smallest absolute Gasteiger partial charge is 0.139 e. The average Bonchev–Trinajstić information content (AvgIpc) is 2.81. The van der Waals surface area contributed by atoms with Crippen molar-refractivity contribution in [3.05, 3.63) is 54.6 Å². The molecule has 0 amide bonds. The van der Waals surface area contributed by atoms with Crippen LogP contribution in [0.4, 0.5) is 4.39 Å². The number of para-hydroxylation sites is 1. The first kappa shape index (κ1) is 10.8. The lowest BCUT2D eigenvalue weighted by molar-refractivity contribution is 0.416. The molecule has 3 rings (SSSR count). The van der Waals surface area contributed by atoms with Gasteiger partial charge in [0, 0.05) is 18.0 Å². The van der Waals surface area contributed by atoms with E-state index in [9.17, 15) is 4.39 Å². The van der Waals surface area contributed by atoms with Crippen molar-refractivity contribution >= 4 is 5.65 Å².